The molecule has 0 saturated heterocycles. The van der Waals surface area contributed by atoms with E-state index in [1.165, 1.54) is 7.11 Å². The maximum Gasteiger partial charge on any atom is 0.338 e. The number of aliphatic hydroxyl groups excluding tert-OH is 1. The van der Waals surface area contributed by atoms with Crippen LogP contribution in [-0.4, -0.2) is 48.1 Å². The Balaban J connectivity index is 1.69. The average Bonchev–Trinajstić information content (AvgIpc) is 2.90. The van der Waals surface area contributed by atoms with E-state index in [0.29, 0.717) is 24.1 Å². The lowest BCUT2D eigenvalue weighted by molar-refractivity contribution is -0.160. The van der Waals surface area contributed by atoms with Crippen LogP contribution < -0.4 is 5.32 Å². The first kappa shape index (κ1) is 29.4. The number of thioether (sulfide) groups is 1. The van der Waals surface area contributed by atoms with Crippen molar-refractivity contribution in [1.82, 2.24) is 5.32 Å². The van der Waals surface area contributed by atoms with Crippen molar-refractivity contribution in [3.8, 4) is 11.1 Å². The van der Waals surface area contributed by atoms with Gasteiger partial charge in [0.05, 0.1) is 12.7 Å². The van der Waals surface area contributed by atoms with Crippen molar-refractivity contribution in [3.05, 3.63) is 89.5 Å². The van der Waals surface area contributed by atoms with Crippen LogP contribution in [0.4, 0.5) is 0 Å². The van der Waals surface area contributed by atoms with Gasteiger partial charge in [-0.3, -0.25) is 4.79 Å². The van der Waals surface area contributed by atoms with Gasteiger partial charge in [-0.05, 0) is 67.3 Å². The number of nitrogens with one attached hydrogen (secondary N) is 1. The zero-order chi connectivity index (χ0) is 27.7. The number of hydrogen-bond acceptors (Lipinski definition) is 7. The molecule has 3 rings (SSSR count). The number of aliphatic hydroxyl groups is 1. The minimum atomic E-state index is -1.03. The largest absolute Gasteiger partial charge is 0.465 e. The Morgan fingerprint density at radius 3 is 2.24 bits per heavy atom. The summed E-state index contributed by atoms with van der Waals surface area (Å²) in [6, 6.07) is 22.2. The summed E-state index contributed by atoms with van der Waals surface area (Å²) in [4.78, 5) is 25.9. The minimum absolute atomic E-state index is 0.336. The van der Waals surface area contributed by atoms with E-state index >= 15 is 0 Å². The highest BCUT2D eigenvalue weighted by atomic mass is 32.2. The van der Waals surface area contributed by atoms with E-state index in [0.717, 1.165) is 27.3 Å². The Morgan fingerprint density at radius 2 is 1.63 bits per heavy atom. The van der Waals surface area contributed by atoms with E-state index in [2.05, 4.69) is 5.32 Å². The Hall–Kier alpha value is -3.13. The van der Waals surface area contributed by atoms with Gasteiger partial charge in [0, 0.05) is 11.4 Å². The summed E-state index contributed by atoms with van der Waals surface area (Å²) in [6.45, 7) is 7.97. The number of rotatable bonds is 11. The third-order valence-corrected chi connectivity index (χ3v) is 6.81. The number of benzene rings is 3. The molecular weight excluding hydrogens is 498 g/mol. The first-order chi connectivity index (χ1) is 18.1. The molecule has 0 bridgehead atoms. The van der Waals surface area contributed by atoms with Crippen LogP contribution in [0.25, 0.3) is 11.1 Å². The van der Waals surface area contributed by atoms with Crippen LogP contribution in [0.1, 0.15) is 55.3 Å². The lowest BCUT2D eigenvalue weighted by Gasteiger charge is -2.27. The van der Waals surface area contributed by atoms with Gasteiger partial charge in [0.15, 0.2) is 0 Å². The molecule has 3 aromatic rings. The van der Waals surface area contributed by atoms with E-state index in [9.17, 15) is 14.7 Å². The molecule has 0 aliphatic carbocycles. The number of carbonyl (C=O) groups excluding carboxylic acids is 2. The summed E-state index contributed by atoms with van der Waals surface area (Å²) < 4.78 is 10.5. The van der Waals surface area contributed by atoms with Crippen molar-refractivity contribution in [3.63, 3.8) is 0 Å². The summed E-state index contributed by atoms with van der Waals surface area (Å²) in [6.07, 6.45) is -0.365. The third kappa shape index (κ3) is 8.18. The summed E-state index contributed by atoms with van der Waals surface area (Å²) >= 11 is 1.61. The van der Waals surface area contributed by atoms with Gasteiger partial charge in [-0.25, -0.2) is 4.79 Å². The van der Waals surface area contributed by atoms with Crippen LogP contribution >= 0.6 is 11.8 Å². The molecule has 38 heavy (non-hydrogen) atoms. The molecule has 0 aromatic heterocycles. The highest BCUT2D eigenvalue weighted by molar-refractivity contribution is 7.99. The van der Waals surface area contributed by atoms with Crippen LogP contribution in [0.5, 0.6) is 0 Å². The molecule has 7 heteroatoms. The second-order valence-electron chi connectivity index (χ2n) is 9.90. The first-order valence-electron chi connectivity index (χ1n) is 12.8. The van der Waals surface area contributed by atoms with E-state index in [4.69, 9.17) is 9.47 Å². The van der Waals surface area contributed by atoms with E-state index in [1.54, 1.807) is 23.9 Å². The molecule has 3 aromatic carbocycles. The van der Waals surface area contributed by atoms with Gasteiger partial charge in [0.1, 0.15) is 17.7 Å². The Bertz CT molecular complexity index is 1210. The number of carbonyl (C=O) groups is 2. The molecule has 6 nitrogen and oxygen atoms in total. The van der Waals surface area contributed by atoms with Crippen LogP contribution in [0.2, 0.25) is 0 Å². The van der Waals surface area contributed by atoms with Gasteiger partial charge in [0.25, 0.3) is 0 Å². The molecule has 0 aliphatic heterocycles. The molecule has 0 amide bonds. The van der Waals surface area contributed by atoms with Crippen LogP contribution in [0, 0.1) is 0 Å². The van der Waals surface area contributed by atoms with Crippen molar-refractivity contribution < 1.29 is 24.2 Å². The molecule has 2 N–H and O–H groups in total. The number of hydrogen-bond donors (Lipinski definition) is 2. The molecule has 1 unspecified atom stereocenters. The van der Waals surface area contributed by atoms with Crippen molar-refractivity contribution in [2.24, 2.45) is 0 Å². The van der Waals surface area contributed by atoms with Crippen molar-refractivity contribution >= 4 is 23.7 Å². The van der Waals surface area contributed by atoms with Gasteiger partial charge in [-0.2, -0.15) is 0 Å². The molecule has 0 aliphatic rings. The standard InChI is InChI=1S/C31H37NO5S/c1-6-38-26-20-24(16-17-25(26)29(34)36-5)22-14-12-21(13-15-22)18-19-32-27(30(35)37-31(2,3)4)28(33)23-10-8-7-9-11-23/h7-17,20,27-28,32-33H,6,18-19H2,1-5H3/t27?,28-/m1/s1. The Labute approximate surface area is 229 Å². The second kappa shape index (κ2) is 13.6. The molecule has 2 atom stereocenters. The second-order valence-corrected chi connectivity index (χ2v) is 11.2. The smallest absolute Gasteiger partial charge is 0.338 e. The fourth-order valence-corrected chi connectivity index (χ4v) is 4.85. The zero-order valence-electron chi connectivity index (χ0n) is 22.7. The summed E-state index contributed by atoms with van der Waals surface area (Å²) in [5.41, 5.74) is 3.72. The highest BCUT2D eigenvalue weighted by Gasteiger charge is 2.31. The fourth-order valence-electron chi connectivity index (χ4n) is 4.02. The Kier molecular flexibility index (Phi) is 10.5. The third-order valence-electron chi connectivity index (χ3n) is 5.87. The predicted molar refractivity (Wildman–Crippen MR) is 152 cm³/mol. The minimum Gasteiger partial charge on any atom is -0.465 e. The maximum atomic E-state index is 12.9. The van der Waals surface area contributed by atoms with Gasteiger partial charge in [0.2, 0.25) is 0 Å². The molecule has 0 fully saturated rings. The zero-order valence-corrected chi connectivity index (χ0v) is 23.5. The number of methoxy groups -OCH3 is 1. The molecule has 0 spiro atoms. The average molecular weight is 536 g/mol. The topological polar surface area (TPSA) is 84.9 Å². The SMILES string of the molecule is CCSc1cc(-c2ccc(CCNC(C(=O)OC(C)(C)C)[C@H](O)c3ccccc3)cc2)ccc1C(=O)OC. The molecule has 0 heterocycles. The lowest BCUT2D eigenvalue weighted by atomic mass is 10.0. The van der Waals surface area contributed by atoms with Gasteiger partial charge in [-0.15, -0.1) is 11.8 Å². The normalized spacial score (nSPS) is 13.0. The van der Waals surface area contributed by atoms with Crippen LogP contribution in [0.3, 0.4) is 0 Å². The van der Waals surface area contributed by atoms with E-state index in [1.807, 2.05) is 88.4 Å². The van der Waals surface area contributed by atoms with Gasteiger partial charge in [-0.1, -0.05) is 67.6 Å². The summed E-state index contributed by atoms with van der Waals surface area (Å²) in [7, 11) is 1.39. The first-order valence-corrected chi connectivity index (χ1v) is 13.7. The Morgan fingerprint density at radius 1 is 0.974 bits per heavy atom. The molecular formula is C31H37NO5S. The van der Waals surface area contributed by atoms with Crippen LogP contribution in [0.15, 0.2) is 77.7 Å². The maximum absolute atomic E-state index is 12.9. The molecule has 0 saturated carbocycles. The summed E-state index contributed by atoms with van der Waals surface area (Å²) in [5, 5.41) is 14.2. The van der Waals surface area contributed by atoms with E-state index < -0.39 is 23.7 Å². The highest BCUT2D eigenvalue weighted by Crippen LogP contribution is 2.30. The van der Waals surface area contributed by atoms with Crippen molar-refractivity contribution in [1.29, 1.82) is 0 Å². The van der Waals surface area contributed by atoms with E-state index in [-0.39, 0.29) is 5.97 Å². The molecule has 202 valence electrons. The fraction of sp³-hybridized carbons (Fsp3) is 0.355. The quantitative estimate of drug-likeness (QED) is 0.236. The number of ether oxygens (including phenoxy) is 2. The van der Waals surface area contributed by atoms with Crippen LogP contribution in [-0.2, 0) is 20.7 Å². The van der Waals surface area contributed by atoms with Crippen molar-refractivity contribution in [2.75, 3.05) is 19.4 Å². The van der Waals surface area contributed by atoms with Gasteiger partial charge >= 0.3 is 11.9 Å². The monoisotopic (exact) mass is 535 g/mol. The summed E-state index contributed by atoms with van der Waals surface area (Å²) in [5.74, 6) is 0.0283. The van der Waals surface area contributed by atoms with Crippen molar-refractivity contribution in [2.45, 2.75) is 56.8 Å². The molecule has 0 radical (unpaired) electrons. The van der Waals surface area contributed by atoms with Gasteiger partial charge < -0.3 is 19.9 Å². The lowest BCUT2D eigenvalue weighted by Crippen LogP contribution is -2.46. The number of esters is 2. The predicted octanol–water partition coefficient (Wildman–Crippen LogP) is 5.83.